The average Bonchev–Trinajstić information content (AvgIpc) is 3.21. The minimum absolute atomic E-state index is 0.0539. The van der Waals surface area contributed by atoms with Crippen molar-refractivity contribution in [1.29, 1.82) is 0 Å². The lowest BCUT2D eigenvalue weighted by Gasteiger charge is -2.24. The van der Waals surface area contributed by atoms with Gasteiger partial charge in [-0.05, 0) is 43.7 Å². The van der Waals surface area contributed by atoms with Crippen LogP contribution < -0.4 is 10.6 Å². The predicted octanol–water partition coefficient (Wildman–Crippen LogP) is 2.77. The summed E-state index contributed by atoms with van der Waals surface area (Å²) in [6.45, 7) is 5.73. The maximum Gasteiger partial charge on any atom is 0.191 e. The van der Waals surface area contributed by atoms with Gasteiger partial charge in [0.1, 0.15) is 0 Å². The Hall–Kier alpha value is -2.01. The first kappa shape index (κ1) is 16.8. The molecule has 5 nitrogen and oxygen atoms in total. The molecule has 2 heterocycles. The highest BCUT2D eigenvalue weighted by atomic mass is 16.5. The monoisotopic (exact) mass is 328 g/mol. The molecule has 2 aromatic rings. The van der Waals surface area contributed by atoms with Gasteiger partial charge in [-0.15, -0.1) is 0 Å². The Morgan fingerprint density at radius 3 is 2.96 bits per heavy atom. The second-order valence-corrected chi connectivity index (χ2v) is 6.68. The number of rotatable bonds is 6. The van der Waals surface area contributed by atoms with Crippen LogP contribution in [0.25, 0.3) is 10.9 Å². The van der Waals surface area contributed by atoms with Gasteiger partial charge in [0.15, 0.2) is 5.96 Å². The number of guanidine groups is 1. The maximum atomic E-state index is 5.80. The van der Waals surface area contributed by atoms with Crippen LogP contribution in [0.1, 0.15) is 26.2 Å². The minimum Gasteiger partial charge on any atom is -0.373 e. The first-order valence-electron chi connectivity index (χ1n) is 8.83. The third kappa shape index (κ3) is 4.09. The molecule has 1 unspecified atom stereocenters. The number of ether oxygens (including phenoxy) is 1. The Balaban J connectivity index is 1.41. The number of benzene rings is 1. The van der Waals surface area contributed by atoms with E-state index in [0.717, 1.165) is 51.5 Å². The van der Waals surface area contributed by atoms with E-state index < -0.39 is 0 Å². The molecule has 1 saturated heterocycles. The average molecular weight is 328 g/mol. The highest BCUT2D eigenvalue weighted by molar-refractivity contribution is 5.80. The van der Waals surface area contributed by atoms with Crippen molar-refractivity contribution < 1.29 is 4.74 Å². The van der Waals surface area contributed by atoms with Gasteiger partial charge in [-0.3, -0.25) is 4.99 Å². The molecule has 1 fully saturated rings. The van der Waals surface area contributed by atoms with Crippen molar-refractivity contribution in [3.63, 3.8) is 0 Å². The molecule has 24 heavy (non-hydrogen) atoms. The zero-order valence-corrected chi connectivity index (χ0v) is 14.7. The molecule has 0 spiro atoms. The van der Waals surface area contributed by atoms with E-state index in [1.165, 1.54) is 10.9 Å². The summed E-state index contributed by atoms with van der Waals surface area (Å²) >= 11 is 0. The summed E-state index contributed by atoms with van der Waals surface area (Å²) in [6.07, 6.45) is 5.47. The smallest absolute Gasteiger partial charge is 0.191 e. The van der Waals surface area contributed by atoms with Crippen LogP contribution in [-0.4, -0.2) is 42.9 Å². The molecule has 3 rings (SSSR count). The molecular weight excluding hydrogens is 300 g/mol. The van der Waals surface area contributed by atoms with Crippen LogP contribution in [0.2, 0.25) is 0 Å². The highest BCUT2D eigenvalue weighted by Gasteiger charge is 2.29. The Morgan fingerprint density at radius 2 is 2.17 bits per heavy atom. The van der Waals surface area contributed by atoms with E-state index in [1.54, 1.807) is 0 Å². The molecule has 130 valence electrons. The van der Waals surface area contributed by atoms with E-state index >= 15 is 0 Å². The van der Waals surface area contributed by atoms with Gasteiger partial charge in [-0.25, -0.2) is 0 Å². The van der Waals surface area contributed by atoms with Crippen molar-refractivity contribution in [2.75, 3.05) is 26.7 Å². The number of nitrogens with one attached hydrogen (secondary N) is 2. The van der Waals surface area contributed by atoms with Gasteiger partial charge < -0.3 is 19.9 Å². The van der Waals surface area contributed by atoms with Crippen LogP contribution in [0.5, 0.6) is 0 Å². The van der Waals surface area contributed by atoms with Crippen LogP contribution in [0, 0.1) is 0 Å². The summed E-state index contributed by atoms with van der Waals surface area (Å²) in [6, 6.07) is 10.7. The zero-order valence-electron chi connectivity index (χ0n) is 14.7. The molecule has 0 aliphatic carbocycles. The summed E-state index contributed by atoms with van der Waals surface area (Å²) < 4.78 is 8.11. The van der Waals surface area contributed by atoms with Crippen LogP contribution >= 0.6 is 0 Å². The number of hydrogen-bond acceptors (Lipinski definition) is 2. The van der Waals surface area contributed by atoms with E-state index in [9.17, 15) is 0 Å². The Kier molecular flexibility index (Phi) is 5.41. The SMILES string of the molecule is CN=C(NCCCn1ccc2ccccc21)NCC1(C)CCCO1. The zero-order chi connectivity index (χ0) is 16.8. The van der Waals surface area contributed by atoms with Crippen molar-refractivity contribution in [3.8, 4) is 0 Å². The number of aromatic nitrogens is 1. The quantitative estimate of drug-likeness (QED) is 0.487. The third-order valence-corrected chi connectivity index (χ3v) is 4.70. The number of aliphatic imine (C=N–C) groups is 1. The van der Waals surface area contributed by atoms with E-state index in [-0.39, 0.29) is 5.60 Å². The number of nitrogens with zero attached hydrogens (tertiary/aromatic N) is 2. The van der Waals surface area contributed by atoms with E-state index in [0.29, 0.717) is 0 Å². The van der Waals surface area contributed by atoms with Crippen molar-refractivity contribution in [2.45, 2.75) is 38.3 Å². The molecular formula is C19H28N4O. The lowest BCUT2D eigenvalue weighted by atomic mass is 10.0. The Morgan fingerprint density at radius 1 is 1.29 bits per heavy atom. The molecule has 0 bridgehead atoms. The summed E-state index contributed by atoms with van der Waals surface area (Å²) in [4.78, 5) is 4.30. The van der Waals surface area contributed by atoms with Gasteiger partial charge in [0.2, 0.25) is 0 Å². The van der Waals surface area contributed by atoms with Crippen molar-refractivity contribution in [2.24, 2.45) is 4.99 Å². The number of aryl methyl sites for hydroxylation is 1. The fraction of sp³-hybridized carbons (Fsp3) is 0.526. The van der Waals surface area contributed by atoms with Gasteiger partial charge in [0.25, 0.3) is 0 Å². The van der Waals surface area contributed by atoms with E-state index in [2.05, 4.69) is 63.6 Å². The van der Waals surface area contributed by atoms with Crippen molar-refractivity contribution >= 4 is 16.9 Å². The predicted molar refractivity (Wildman–Crippen MR) is 99.5 cm³/mol. The molecule has 0 radical (unpaired) electrons. The molecule has 1 aromatic heterocycles. The van der Waals surface area contributed by atoms with E-state index in [4.69, 9.17) is 4.74 Å². The normalized spacial score (nSPS) is 21.3. The van der Waals surface area contributed by atoms with Gasteiger partial charge in [0.05, 0.1) is 5.60 Å². The fourth-order valence-corrected chi connectivity index (χ4v) is 3.26. The molecule has 2 N–H and O–H groups in total. The lowest BCUT2D eigenvalue weighted by Crippen LogP contribution is -2.45. The second kappa shape index (κ2) is 7.71. The molecule has 1 atom stereocenters. The molecule has 1 aliphatic heterocycles. The van der Waals surface area contributed by atoms with Crippen LogP contribution in [0.3, 0.4) is 0 Å². The molecule has 5 heteroatoms. The largest absolute Gasteiger partial charge is 0.373 e. The summed E-state index contributed by atoms with van der Waals surface area (Å²) in [5, 5.41) is 8.07. The standard InChI is InChI=1S/C19H28N4O/c1-19(10-5-14-24-19)15-22-18(20-2)21-11-6-12-23-13-9-16-7-3-4-8-17(16)23/h3-4,7-9,13H,5-6,10-12,14-15H2,1-2H3,(H2,20,21,22). The lowest BCUT2D eigenvalue weighted by molar-refractivity contribution is 0.0243. The molecule has 1 aromatic carbocycles. The summed E-state index contributed by atoms with van der Waals surface area (Å²) in [5.74, 6) is 0.851. The minimum atomic E-state index is -0.0539. The van der Waals surface area contributed by atoms with Crippen molar-refractivity contribution in [1.82, 2.24) is 15.2 Å². The van der Waals surface area contributed by atoms with Crippen molar-refractivity contribution in [3.05, 3.63) is 36.5 Å². The van der Waals surface area contributed by atoms with Gasteiger partial charge in [-0.2, -0.15) is 0 Å². The van der Waals surface area contributed by atoms with Gasteiger partial charge in [0, 0.05) is 45.0 Å². The first-order valence-corrected chi connectivity index (χ1v) is 8.83. The number of para-hydroxylation sites is 1. The number of fused-ring (bicyclic) bond motifs is 1. The third-order valence-electron chi connectivity index (χ3n) is 4.70. The van der Waals surface area contributed by atoms with E-state index in [1.807, 2.05) is 7.05 Å². The van der Waals surface area contributed by atoms with Gasteiger partial charge >= 0.3 is 0 Å². The highest BCUT2D eigenvalue weighted by Crippen LogP contribution is 2.23. The second-order valence-electron chi connectivity index (χ2n) is 6.68. The summed E-state index contributed by atoms with van der Waals surface area (Å²) in [5.41, 5.74) is 1.24. The van der Waals surface area contributed by atoms with Crippen LogP contribution in [0.4, 0.5) is 0 Å². The topological polar surface area (TPSA) is 50.6 Å². The van der Waals surface area contributed by atoms with Crippen LogP contribution in [-0.2, 0) is 11.3 Å². The maximum absolute atomic E-state index is 5.80. The van der Waals surface area contributed by atoms with Gasteiger partial charge in [-0.1, -0.05) is 18.2 Å². The molecule has 0 saturated carbocycles. The fourth-order valence-electron chi connectivity index (χ4n) is 3.26. The Labute approximate surface area is 144 Å². The molecule has 0 amide bonds. The first-order chi connectivity index (χ1) is 11.7. The summed E-state index contributed by atoms with van der Waals surface area (Å²) in [7, 11) is 1.81. The Bertz CT molecular complexity index is 685. The van der Waals surface area contributed by atoms with Crippen LogP contribution in [0.15, 0.2) is 41.5 Å². The number of hydrogen-bond donors (Lipinski definition) is 2. The molecule has 1 aliphatic rings.